The minimum atomic E-state index is -3.63. The Bertz CT molecular complexity index is 818. The normalized spacial score (nSPS) is 18.5. The number of sulfonamides is 1. The van der Waals surface area contributed by atoms with E-state index >= 15 is 0 Å². The molecule has 1 atom stereocenters. The molecule has 1 aliphatic rings. The Morgan fingerprint density at radius 1 is 1.33 bits per heavy atom. The van der Waals surface area contributed by atoms with Gasteiger partial charge in [-0.2, -0.15) is 4.31 Å². The predicted molar refractivity (Wildman–Crippen MR) is 92.9 cm³/mol. The highest BCUT2D eigenvalue weighted by Gasteiger charge is 2.39. The van der Waals surface area contributed by atoms with Gasteiger partial charge in [-0.1, -0.05) is 12.1 Å². The van der Waals surface area contributed by atoms with Crippen molar-refractivity contribution in [2.24, 2.45) is 0 Å². The SMILES string of the molecule is COc1cccc(NC(=O)C2CCCN2S(=O)(=O)c2cccs2)c1. The lowest BCUT2D eigenvalue weighted by molar-refractivity contribution is -0.119. The van der Waals surface area contributed by atoms with E-state index in [2.05, 4.69) is 5.32 Å². The summed E-state index contributed by atoms with van der Waals surface area (Å²) >= 11 is 1.16. The van der Waals surface area contributed by atoms with Gasteiger partial charge in [0.2, 0.25) is 5.91 Å². The molecule has 6 nitrogen and oxygen atoms in total. The third-order valence-corrected chi connectivity index (χ3v) is 7.18. The van der Waals surface area contributed by atoms with Crippen LogP contribution in [0.25, 0.3) is 0 Å². The molecule has 1 aromatic carbocycles. The molecule has 1 saturated heterocycles. The maximum Gasteiger partial charge on any atom is 0.253 e. The lowest BCUT2D eigenvalue weighted by Gasteiger charge is -2.22. The zero-order chi connectivity index (χ0) is 17.2. The number of nitrogens with one attached hydrogen (secondary N) is 1. The lowest BCUT2D eigenvalue weighted by atomic mass is 10.2. The summed E-state index contributed by atoms with van der Waals surface area (Å²) in [6.45, 7) is 0.358. The Morgan fingerprint density at radius 3 is 2.88 bits per heavy atom. The van der Waals surface area contributed by atoms with Crippen molar-refractivity contribution in [1.82, 2.24) is 4.31 Å². The summed E-state index contributed by atoms with van der Waals surface area (Å²) in [4.78, 5) is 12.6. The van der Waals surface area contributed by atoms with Gasteiger partial charge in [-0.25, -0.2) is 8.42 Å². The van der Waals surface area contributed by atoms with Gasteiger partial charge >= 0.3 is 0 Å². The molecule has 128 valence electrons. The number of hydrogen-bond donors (Lipinski definition) is 1. The van der Waals surface area contributed by atoms with Gasteiger partial charge in [0.25, 0.3) is 10.0 Å². The second kappa shape index (κ2) is 6.92. The second-order valence-corrected chi connectivity index (χ2v) is 8.49. The summed E-state index contributed by atoms with van der Waals surface area (Å²) in [5.41, 5.74) is 0.583. The van der Waals surface area contributed by atoms with E-state index in [1.807, 2.05) is 0 Å². The minimum Gasteiger partial charge on any atom is -0.497 e. The van der Waals surface area contributed by atoms with E-state index in [0.717, 1.165) is 11.3 Å². The zero-order valence-electron chi connectivity index (χ0n) is 13.1. The summed E-state index contributed by atoms with van der Waals surface area (Å²) < 4.78 is 32.1. The van der Waals surface area contributed by atoms with Crippen molar-refractivity contribution in [3.63, 3.8) is 0 Å². The van der Waals surface area contributed by atoms with Gasteiger partial charge in [0.05, 0.1) is 7.11 Å². The molecule has 1 unspecified atom stereocenters. The number of nitrogens with zero attached hydrogens (tertiary/aromatic N) is 1. The van der Waals surface area contributed by atoms with E-state index in [9.17, 15) is 13.2 Å². The average molecular weight is 366 g/mol. The molecule has 2 heterocycles. The Kier molecular flexibility index (Phi) is 4.88. The van der Waals surface area contributed by atoms with E-state index in [4.69, 9.17) is 4.74 Å². The van der Waals surface area contributed by atoms with Crippen molar-refractivity contribution in [2.75, 3.05) is 19.0 Å². The van der Waals surface area contributed by atoms with Gasteiger partial charge in [0, 0.05) is 18.3 Å². The van der Waals surface area contributed by atoms with E-state index in [1.54, 1.807) is 48.9 Å². The molecule has 3 rings (SSSR count). The Balaban J connectivity index is 1.79. The number of rotatable bonds is 5. The number of anilines is 1. The molecule has 8 heteroatoms. The van der Waals surface area contributed by atoms with Gasteiger partial charge in [0.1, 0.15) is 16.0 Å². The van der Waals surface area contributed by atoms with Crippen molar-refractivity contribution in [3.05, 3.63) is 41.8 Å². The number of benzene rings is 1. The number of hydrogen-bond acceptors (Lipinski definition) is 5. The quantitative estimate of drug-likeness (QED) is 0.882. The van der Waals surface area contributed by atoms with Crippen LogP contribution in [0.1, 0.15) is 12.8 Å². The molecule has 0 saturated carbocycles. The predicted octanol–water partition coefficient (Wildman–Crippen LogP) is 2.55. The second-order valence-electron chi connectivity index (χ2n) is 5.43. The smallest absolute Gasteiger partial charge is 0.253 e. The first kappa shape index (κ1) is 16.9. The van der Waals surface area contributed by atoms with Crippen molar-refractivity contribution in [3.8, 4) is 5.75 Å². The van der Waals surface area contributed by atoms with Crippen molar-refractivity contribution >= 4 is 33.0 Å². The topological polar surface area (TPSA) is 75.7 Å². The summed E-state index contributed by atoms with van der Waals surface area (Å²) in [7, 11) is -2.08. The zero-order valence-corrected chi connectivity index (χ0v) is 14.8. The fraction of sp³-hybridized carbons (Fsp3) is 0.312. The van der Waals surface area contributed by atoms with Crippen LogP contribution in [0.15, 0.2) is 46.0 Å². The van der Waals surface area contributed by atoms with Gasteiger partial charge in [-0.05, 0) is 36.4 Å². The van der Waals surface area contributed by atoms with Crippen LogP contribution in [0.3, 0.4) is 0 Å². The largest absolute Gasteiger partial charge is 0.497 e. The molecular formula is C16H18N2O4S2. The van der Waals surface area contributed by atoms with E-state index < -0.39 is 16.1 Å². The van der Waals surface area contributed by atoms with Crippen LogP contribution < -0.4 is 10.1 Å². The lowest BCUT2D eigenvalue weighted by Crippen LogP contribution is -2.42. The van der Waals surface area contributed by atoms with Crippen LogP contribution in [-0.2, 0) is 14.8 Å². The highest BCUT2D eigenvalue weighted by atomic mass is 32.2. The van der Waals surface area contributed by atoms with Crippen LogP contribution in [0.2, 0.25) is 0 Å². The van der Waals surface area contributed by atoms with E-state index in [0.29, 0.717) is 30.8 Å². The molecule has 0 bridgehead atoms. The number of amides is 1. The molecule has 1 N–H and O–H groups in total. The van der Waals surface area contributed by atoms with Gasteiger partial charge in [0.15, 0.2) is 0 Å². The van der Waals surface area contributed by atoms with E-state index in [1.165, 1.54) is 4.31 Å². The monoisotopic (exact) mass is 366 g/mol. The highest BCUT2D eigenvalue weighted by Crippen LogP contribution is 2.29. The minimum absolute atomic E-state index is 0.267. The molecule has 1 fully saturated rings. The molecular weight excluding hydrogens is 348 g/mol. The molecule has 1 aliphatic heterocycles. The molecule has 0 radical (unpaired) electrons. The first-order valence-corrected chi connectivity index (χ1v) is 9.84. The summed E-state index contributed by atoms with van der Waals surface area (Å²) in [5.74, 6) is 0.308. The summed E-state index contributed by atoms with van der Waals surface area (Å²) in [6.07, 6.45) is 1.18. The third-order valence-electron chi connectivity index (χ3n) is 3.90. The van der Waals surface area contributed by atoms with Crippen LogP contribution in [0, 0.1) is 0 Å². The maximum atomic E-state index is 12.7. The van der Waals surface area contributed by atoms with Crippen LogP contribution in [0.5, 0.6) is 5.75 Å². The van der Waals surface area contributed by atoms with Crippen LogP contribution in [0.4, 0.5) is 5.69 Å². The van der Waals surface area contributed by atoms with Crippen LogP contribution in [-0.4, -0.2) is 38.3 Å². The first-order valence-electron chi connectivity index (χ1n) is 7.52. The number of carbonyl (C=O) groups is 1. The fourth-order valence-corrected chi connectivity index (χ4v) is 5.52. The standard InChI is InChI=1S/C16H18N2O4S2/c1-22-13-6-2-5-12(11-13)17-16(19)14-7-3-9-18(14)24(20,21)15-8-4-10-23-15/h2,4-6,8,10-11,14H,3,7,9H2,1H3,(H,17,19). The maximum absolute atomic E-state index is 12.7. The number of ether oxygens (including phenoxy) is 1. The summed E-state index contributed by atoms with van der Waals surface area (Å²) in [6, 6.07) is 9.55. The Morgan fingerprint density at radius 2 is 2.17 bits per heavy atom. The molecule has 0 spiro atoms. The average Bonchev–Trinajstić information content (AvgIpc) is 3.26. The molecule has 1 aromatic heterocycles. The van der Waals surface area contributed by atoms with Gasteiger partial charge in [-0.3, -0.25) is 4.79 Å². The first-order chi connectivity index (χ1) is 11.5. The Hall–Kier alpha value is -1.90. The van der Waals surface area contributed by atoms with Crippen LogP contribution >= 0.6 is 11.3 Å². The highest BCUT2D eigenvalue weighted by molar-refractivity contribution is 7.91. The number of thiophene rings is 1. The molecule has 2 aromatic rings. The Labute approximate surface area is 145 Å². The number of methoxy groups -OCH3 is 1. The fourth-order valence-electron chi connectivity index (χ4n) is 2.74. The van der Waals surface area contributed by atoms with Gasteiger partial charge in [-0.15, -0.1) is 11.3 Å². The molecule has 1 amide bonds. The van der Waals surface area contributed by atoms with E-state index in [-0.39, 0.29) is 10.1 Å². The van der Waals surface area contributed by atoms with Crippen molar-refractivity contribution in [1.29, 1.82) is 0 Å². The number of carbonyl (C=O) groups excluding carboxylic acids is 1. The van der Waals surface area contributed by atoms with Crippen molar-refractivity contribution < 1.29 is 17.9 Å². The van der Waals surface area contributed by atoms with Crippen molar-refractivity contribution in [2.45, 2.75) is 23.1 Å². The molecule has 24 heavy (non-hydrogen) atoms. The third kappa shape index (κ3) is 3.31. The molecule has 0 aliphatic carbocycles. The van der Waals surface area contributed by atoms with Gasteiger partial charge < -0.3 is 10.1 Å². The summed E-state index contributed by atoms with van der Waals surface area (Å²) in [5, 5.41) is 4.50.